The fourth-order valence-electron chi connectivity index (χ4n) is 5.31. The van der Waals surface area contributed by atoms with Gasteiger partial charge in [-0.25, -0.2) is 0 Å². The molecule has 4 rings (SSSR count). The highest BCUT2D eigenvalue weighted by molar-refractivity contribution is 5.85. The van der Waals surface area contributed by atoms with Gasteiger partial charge in [-0.15, -0.1) is 38.0 Å². The summed E-state index contributed by atoms with van der Waals surface area (Å²) in [6.07, 6.45) is -0.868. The van der Waals surface area contributed by atoms with E-state index >= 15 is 0 Å². The fourth-order valence-corrected chi connectivity index (χ4v) is 5.31. The van der Waals surface area contributed by atoms with Crippen LogP contribution in [-0.4, -0.2) is 54.2 Å². The van der Waals surface area contributed by atoms with Gasteiger partial charge in [0.25, 0.3) is 0 Å². The molecule has 2 aliphatic rings. The number of benzene rings is 2. The van der Waals surface area contributed by atoms with E-state index in [1.54, 1.807) is 12.1 Å². The lowest BCUT2D eigenvalue weighted by molar-refractivity contribution is -0.274. The van der Waals surface area contributed by atoms with Gasteiger partial charge in [0.05, 0.1) is 5.60 Å². The van der Waals surface area contributed by atoms with Crippen molar-refractivity contribution in [2.45, 2.75) is 56.5 Å². The number of ether oxygens (including phenoxy) is 1. The minimum absolute atomic E-state index is 0. The van der Waals surface area contributed by atoms with Crippen molar-refractivity contribution in [3.05, 3.63) is 54.1 Å². The van der Waals surface area contributed by atoms with Gasteiger partial charge in [-0.05, 0) is 41.7 Å². The van der Waals surface area contributed by atoms with Crippen molar-refractivity contribution in [1.82, 2.24) is 10.2 Å². The molecule has 1 saturated carbocycles. The first-order chi connectivity index (χ1) is 15.3. The number of nitrogens with zero attached hydrogens (tertiary/aromatic N) is 1. The molecule has 0 aromatic heterocycles. The lowest BCUT2D eigenvalue weighted by Gasteiger charge is -2.50. The Morgan fingerprint density at radius 3 is 2.35 bits per heavy atom. The highest BCUT2D eigenvalue weighted by Gasteiger charge is 2.46. The van der Waals surface area contributed by atoms with Crippen LogP contribution in [0.2, 0.25) is 0 Å². The maximum Gasteiger partial charge on any atom is 0.573 e. The molecule has 2 aromatic carbocycles. The Labute approximate surface area is 211 Å². The monoisotopic (exact) mass is 520 g/mol. The first-order valence-corrected chi connectivity index (χ1v) is 11.4. The van der Waals surface area contributed by atoms with Crippen LogP contribution in [0.25, 0.3) is 11.1 Å². The quantitative estimate of drug-likeness (QED) is 0.524. The number of nitrogens with one attached hydrogen (secondary N) is 1. The second-order valence-electron chi connectivity index (χ2n) is 8.96. The zero-order valence-corrected chi connectivity index (χ0v) is 20.8. The summed E-state index contributed by atoms with van der Waals surface area (Å²) < 4.78 is 42.0. The third-order valence-corrected chi connectivity index (χ3v) is 7.01. The molecule has 4 nitrogen and oxygen atoms in total. The predicted octanol–water partition coefficient (Wildman–Crippen LogP) is 5.78. The Kier molecular flexibility index (Phi) is 10.1. The van der Waals surface area contributed by atoms with Crippen molar-refractivity contribution in [1.29, 1.82) is 0 Å². The molecule has 2 N–H and O–H groups in total. The Balaban J connectivity index is 0.00000204. The maximum absolute atomic E-state index is 12.6. The van der Waals surface area contributed by atoms with Gasteiger partial charge in [0.15, 0.2) is 0 Å². The van der Waals surface area contributed by atoms with Crippen LogP contribution in [-0.2, 0) is 0 Å². The molecule has 0 bridgehead atoms. The Morgan fingerprint density at radius 1 is 1.03 bits per heavy atom. The third kappa shape index (κ3) is 6.58. The molecular formula is C25H33Cl2F3N2O2. The van der Waals surface area contributed by atoms with E-state index in [1.165, 1.54) is 12.1 Å². The smallest absolute Gasteiger partial charge is 0.406 e. The SMILES string of the molecule is CC(c1cccc(-c2cccc(OC(F)(F)F)c2)c1)C1(O)CCCCC1N1CCNCC1.Cl.Cl. The van der Waals surface area contributed by atoms with E-state index in [9.17, 15) is 18.3 Å². The van der Waals surface area contributed by atoms with Gasteiger partial charge in [0.1, 0.15) is 5.75 Å². The van der Waals surface area contributed by atoms with E-state index < -0.39 is 12.0 Å². The zero-order valence-electron chi connectivity index (χ0n) is 19.2. The summed E-state index contributed by atoms with van der Waals surface area (Å²) in [5.41, 5.74) is 1.61. The van der Waals surface area contributed by atoms with Crippen molar-refractivity contribution in [3.8, 4) is 16.9 Å². The topological polar surface area (TPSA) is 44.7 Å². The highest BCUT2D eigenvalue weighted by Crippen LogP contribution is 2.43. The summed E-state index contributed by atoms with van der Waals surface area (Å²) in [4.78, 5) is 2.42. The van der Waals surface area contributed by atoms with Gasteiger partial charge in [-0.1, -0.05) is 56.2 Å². The third-order valence-electron chi connectivity index (χ3n) is 7.01. The lowest BCUT2D eigenvalue weighted by atomic mass is 9.69. The molecule has 2 fully saturated rings. The van der Waals surface area contributed by atoms with Crippen LogP contribution in [0.5, 0.6) is 5.75 Å². The van der Waals surface area contributed by atoms with Crippen molar-refractivity contribution in [2.75, 3.05) is 26.2 Å². The van der Waals surface area contributed by atoms with Crippen LogP contribution in [0.1, 0.15) is 44.1 Å². The van der Waals surface area contributed by atoms with E-state index in [2.05, 4.69) is 21.9 Å². The van der Waals surface area contributed by atoms with Crippen LogP contribution in [0, 0.1) is 0 Å². The molecule has 3 atom stereocenters. The summed E-state index contributed by atoms with van der Waals surface area (Å²) in [6, 6.07) is 13.9. The largest absolute Gasteiger partial charge is 0.573 e. The zero-order chi connectivity index (χ0) is 22.8. The molecule has 1 aliphatic heterocycles. The summed E-state index contributed by atoms with van der Waals surface area (Å²) in [5, 5.41) is 15.3. The predicted molar refractivity (Wildman–Crippen MR) is 133 cm³/mol. The van der Waals surface area contributed by atoms with E-state index in [-0.39, 0.29) is 42.5 Å². The van der Waals surface area contributed by atoms with Gasteiger partial charge in [0, 0.05) is 38.1 Å². The minimum Gasteiger partial charge on any atom is -0.406 e. The summed E-state index contributed by atoms with van der Waals surface area (Å²) in [5.74, 6) is -0.338. The number of rotatable bonds is 5. The molecule has 1 heterocycles. The molecular weight excluding hydrogens is 488 g/mol. The molecule has 3 unspecified atom stereocenters. The molecule has 1 saturated heterocycles. The number of piperazine rings is 1. The number of aliphatic hydroxyl groups is 1. The number of alkyl halides is 3. The van der Waals surface area contributed by atoms with Crippen molar-refractivity contribution in [2.24, 2.45) is 0 Å². The second kappa shape index (κ2) is 12.0. The molecule has 9 heteroatoms. The first-order valence-electron chi connectivity index (χ1n) is 11.4. The van der Waals surface area contributed by atoms with Crippen molar-refractivity contribution >= 4 is 24.8 Å². The summed E-state index contributed by atoms with van der Waals surface area (Å²) >= 11 is 0. The van der Waals surface area contributed by atoms with Gasteiger partial charge in [-0.2, -0.15) is 0 Å². The molecule has 2 aromatic rings. The molecule has 190 valence electrons. The highest BCUT2D eigenvalue weighted by atomic mass is 35.5. The van der Waals surface area contributed by atoms with Gasteiger partial charge < -0.3 is 15.2 Å². The van der Waals surface area contributed by atoms with E-state index in [0.29, 0.717) is 5.56 Å². The number of halogens is 5. The van der Waals surface area contributed by atoms with E-state index in [4.69, 9.17) is 0 Å². The Hall–Kier alpha value is -1.51. The number of hydrogen-bond donors (Lipinski definition) is 2. The lowest BCUT2D eigenvalue weighted by Crippen LogP contribution is -2.60. The average molecular weight is 521 g/mol. The van der Waals surface area contributed by atoms with Crippen molar-refractivity contribution in [3.63, 3.8) is 0 Å². The molecule has 0 radical (unpaired) electrons. The normalized spacial score (nSPS) is 24.4. The molecule has 34 heavy (non-hydrogen) atoms. The van der Waals surface area contributed by atoms with Crippen LogP contribution in [0.15, 0.2) is 48.5 Å². The molecule has 1 aliphatic carbocycles. The van der Waals surface area contributed by atoms with Crippen LogP contribution < -0.4 is 10.1 Å². The maximum atomic E-state index is 12.6. The van der Waals surface area contributed by atoms with E-state index in [1.807, 2.05) is 24.3 Å². The Morgan fingerprint density at radius 2 is 1.68 bits per heavy atom. The first kappa shape index (κ1) is 28.7. The molecule has 0 amide bonds. The van der Waals surface area contributed by atoms with Crippen LogP contribution in [0.3, 0.4) is 0 Å². The minimum atomic E-state index is -4.72. The number of hydrogen-bond acceptors (Lipinski definition) is 4. The fraction of sp³-hybridized carbons (Fsp3) is 0.520. The van der Waals surface area contributed by atoms with Gasteiger partial charge >= 0.3 is 6.36 Å². The average Bonchev–Trinajstić information content (AvgIpc) is 2.78. The summed E-state index contributed by atoms with van der Waals surface area (Å²) in [7, 11) is 0. The van der Waals surface area contributed by atoms with Crippen molar-refractivity contribution < 1.29 is 23.0 Å². The Bertz CT molecular complexity index is 925. The second-order valence-corrected chi connectivity index (χ2v) is 8.96. The van der Waals surface area contributed by atoms with Gasteiger partial charge in [0.2, 0.25) is 0 Å². The standard InChI is InChI=1S/C25H31F3N2O2.2ClH/c1-18(24(31)11-3-2-10-23(24)30-14-12-29-13-15-30)19-6-4-7-20(16-19)21-8-5-9-22(17-21)32-25(26,27)28;;/h4-9,16-18,23,29,31H,2-3,10-15H2,1H3;2*1H. The molecule has 0 spiro atoms. The van der Waals surface area contributed by atoms with Gasteiger partial charge in [-0.3, -0.25) is 4.90 Å². The summed E-state index contributed by atoms with van der Waals surface area (Å²) in [6.45, 7) is 5.82. The van der Waals surface area contributed by atoms with Crippen LogP contribution >= 0.6 is 24.8 Å². The van der Waals surface area contributed by atoms with E-state index in [0.717, 1.165) is 63.0 Å². The van der Waals surface area contributed by atoms with Crippen LogP contribution in [0.4, 0.5) is 13.2 Å².